The van der Waals surface area contributed by atoms with Crippen LogP contribution >= 0.6 is 0 Å². The highest BCUT2D eigenvalue weighted by Gasteiger charge is 2.32. The number of morpholine rings is 1. The van der Waals surface area contributed by atoms with E-state index in [2.05, 4.69) is 44.3 Å². The summed E-state index contributed by atoms with van der Waals surface area (Å²) < 4.78 is 16.3. The Kier molecular flexibility index (Phi) is 11.0. The van der Waals surface area contributed by atoms with Crippen LogP contribution in [0.15, 0.2) is 60.9 Å². The van der Waals surface area contributed by atoms with Gasteiger partial charge in [0, 0.05) is 62.8 Å². The maximum atomic E-state index is 13.3. The fraction of sp³-hybridized carbons (Fsp3) is 0.417. The number of rotatable bonds is 13. The maximum Gasteiger partial charge on any atom is 0.323 e. The molecule has 2 aliphatic heterocycles. The first-order valence-electron chi connectivity index (χ1n) is 16.7. The Bertz CT molecular complexity index is 1630. The number of methoxy groups -OCH3 is 2. The first-order valence-corrected chi connectivity index (χ1v) is 16.7. The molecule has 258 valence electrons. The first kappa shape index (κ1) is 33.9. The van der Waals surface area contributed by atoms with Crippen LogP contribution < -0.4 is 29.5 Å². The summed E-state index contributed by atoms with van der Waals surface area (Å²) in [7, 11) is 7.38. The molecule has 2 aromatic carbocycles. The molecule has 0 aliphatic carbocycles. The summed E-state index contributed by atoms with van der Waals surface area (Å²) in [6.45, 7) is 5.76. The average Bonchev–Trinajstić information content (AvgIpc) is 3.58. The number of carbonyl (C=O) groups is 1. The van der Waals surface area contributed by atoms with Gasteiger partial charge in [-0.1, -0.05) is 24.3 Å². The highest BCUT2D eigenvalue weighted by atomic mass is 16.5. The zero-order valence-electron chi connectivity index (χ0n) is 28.8. The van der Waals surface area contributed by atoms with E-state index in [1.807, 2.05) is 50.8 Å². The van der Waals surface area contributed by atoms with Gasteiger partial charge in [0.1, 0.15) is 17.3 Å². The molecule has 13 heteroatoms. The van der Waals surface area contributed by atoms with Crippen molar-refractivity contribution in [3.63, 3.8) is 0 Å². The molecule has 6 rings (SSSR count). The van der Waals surface area contributed by atoms with Gasteiger partial charge in [0.25, 0.3) is 0 Å². The lowest BCUT2D eigenvalue weighted by molar-refractivity contribution is 0.122. The molecule has 2 aliphatic rings. The van der Waals surface area contributed by atoms with Crippen LogP contribution in [-0.4, -0.2) is 105 Å². The summed E-state index contributed by atoms with van der Waals surface area (Å²) in [4.78, 5) is 41.2. The number of anilines is 3. The van der Waals surface area contributed by atoms with E-state index in [0.29, 0.717) is 76.6 Å². The number of aromatic nitrogens is 4. The van der Waals surface area contributed by atoms with Crippen LogP contribution in [0.3, 0.4) is 0 Å². The number of hydrogen-bond acceptors (Lipinski definition) is 11. The van der Waals surface area contributed by atoms with Crippen LogP contribution in [0.4, 0.5) is 22.5 Å². The van der Waals surface area contributed by atoms with Gasteiger partial charge >= 0.3 is 6.03 Å². The van der Waals surface area contributed by atoms with E-state index in [1.165, 1.54) is 0 Å². The van der Waals surface area contributed by atoms with Crippen molar-refractivity contribution in [1.82, 2.24) is 30.2 Å². The van der Waals surface area contributed by atoms with Crippen molar-refractivity contribution < 1.29 is 19.0 Å². The molecule has 0 saturated carbocycles. The molecule has 13 nitrogen and oxygen atoms in total. The summed E-state index contributed by atoms with van der Waals surface area (Å²) in [6.07, 6.45) is 5.16. The molecule has 0 spiro atoms. The number of benzene rings is 2. The van der Waals surface area contributed by atoms with Crippen molar-refractivity contribution >= 4 is 23.7 Å². The van der Waals surface area contributed by atoms with Crippen molar-refractivity contribution in [2.24, 2.45) is 0 Å². The number of ether oxygens (including phenoxy) is 3. The number of urea groups is 1. The van der Waals surface area contributed by atoms with Crippen LogP contribution in [-0.2, 0) is 24.2 Å². The van der Waals surface area contributed by atoms with Gasteiger partial charge in [-0.2, -0.15) is 4.98 Å². The number of nitrogens with zero attached hydrogens (tertiary/aromatic N) is 8. The maximum absolute atomic E-state index is 13.3. The second kappa shape index (κ2) is 15.9. The molecule has 1 saturated heterocycles. The van der Waals surface area contributed by atoms with Gasteiger partial charge in [0.05, 0.1) is 33.1 Å². The minimum atomic E-state index is -0.144. The fourth-order valence-corrected chi connectivity index (χ4v) is 5.98. The van der Waals surface area contributed by atoms with Gasteiger partial charge in [-0.05, 0) is 68.9 Å². The van der Waals surface area contributed by atoms with E-state index in [4.69, 9.17) is 34.1 Å². The van der Waals surface area contributed by atoms with E-state index in [-0.39, 0.29) is 6.03 Å². The van der Waals surface area contributed by atoms with Gasteiger partial charge in [-0.3, -0.25) is 4.90 Å². The molecule has 0 radical (unpaired) electrons. The van der Waals surface area contributed by atoms with Gasteiger partial charge in [-0.25, -0.2) is 19.7 Å². The zero-order valence-corrected chi connectivity index (χ0v) is 28.8. The van der Waals surface area contributed by atoms with Gasteiger partial charge in [0.15, 0.2) is 0 Å². The molecule has 2 aromatic heterocycles. The lowest BCUT2D eigenvalue weighted by atomic mass is 10.1. The van der Waals surface area contributed by atoms with Crippen molar-refractivity contribution in [2.45, 2.75) is 25.9 Å². The van der Waals surface area contributed by atoms with E-state index in [0.717, 1.165) is 52.4 Å². The lowest BCUT2D eigenvalue weighted by Crippen LogP contribution is -2.41. The third-order valence-corrected chi connectivity index (χ3v) is 8.67. The summed E-state index contributed by atoms with van der Waals surface area (Å²) in [5, 5.41) is 3.07. The van der Waals surface area contributed by atoms with Crippen LogP contribution in [0.1, 0.15) is 23.1 Å². The monoisotopic (exact) mass is 667 g/mol. The summed E-state index contributed by atoms with van der Waals surface area (Å²) in [5.74, 6) is 3.42. The smallest absolute Gasteiger partial charge is 0.323 e. The Morgan fingerprint density at radius 1 is 0.878 bits per heavy atom. The molecule has 4 heterocycles. The normalized spacial score (nSPS) is 14.1. The largest absolute Gasteiger partial charge is 0.497 e. The predicted octanol–water partition coefficient (Wildman–Crippen LogP) is 4.02. The van der Waals surface area contributed by atoms with Crippen LogP contribution in [0.25, 0.3) is 11.3 Å². The fourth-order valence-electron chi connectivity index (χ4n) is 5.98. The van der Waals surface area contributed by atoms with Gasteiger partial charge < -0.3 is 34.2 Å². The second-order valence-electron chi connectivity index (χ2n) is 12.4. The Hall–Kier alpha value is -5.01. The molecule has 0 atom stereocenters. The Labute approximate surface area is 287 Å². The second-order valence-corrected chi connectivity index (χ2v) is 12.4. The van der Waals surface area contributed by atoms with Crippen molar-refractivity contribution in [3.05, 3.63) is 77.6 Å². The van der Waals surface area contributed by atoms with E-state index < -0.39 is 0 Å². The summed E-state index contributed by atoms with van der Waals surface area (Å²) >= 11 is 0. The summed E-state index contributed by atoms with van der Waals surface area (Å²) in [6, 6.07) is 15.9. The Balaban J connectivity index is 1.29. The van der Waals surface area contributed by atoms with Gasteiger partial charge in [0.2, 0.25) is 11.9 Å². The molecule has 1 fully saturated rings. The van der Waals surface area contributed by atoms with Crippen LogP contribution in [0.5, 0.6) is 11.5 Å². The van der Waals surface area contributed by atoms with E-state index in [9.17, 15) is 4.79 Å². The number of amides is 2. The van der Waals surface area contributed by atoms with Crippen molar-refractivity contribution in [2.75, 3.05) is 89.0 Å². The molecular weight excluding hydrogens is 622 g/mol. The van der Waals surface area contributed by atoms with Crippen LogP contribution in [0.2, 0.25) is 0 Å². The Morgan fingerprint density at radius 3 is 2.06 bits per heavy atom. The number of fused-ring (bicyclic) bond motifs is 1. The third-order valence-electron chi connectivity index (χ3n) is 8.67. The number of nitrogens with one attached hydrogen (secondary N) is 1. The molecule has 0 unspecified atom stereocenters. The van der Waals surface area contributed by atoms with Crippen molar-refractivity contribution in [1.29, 1.82) is 0 Å². The quantitative estimate of drug-likeness (QED) is 0.208. The zero-order chi connectivity index (χ0) is 34.2. The van der Waals surface area contributed by atoms with Crippen LogP contribution in [0, 0.1) is 0 Å². The number of carbonyl (C=O) groups excluding carboxylic acids is 1. The minimum absolute atomic E-state index is 0.144. The van der Waals surface area contributed by atoms with E-state index >= 15 is 0 Å². The molecule has 0 bridgehead atoms. The SMILES string of the molecule is COc1ccc(CN(Cc2ccc(OC)cc2)c2ncc(-c3nc(N4CCOCC4)nc4c3CCN4C(=O)NCCCN(C)C)cn2)cc1. The minimum Gasteiger partial charge on any atom is -0.497 e. The Morgan fingerprint density at radius 2 is 1.49 bits per heavy atom. The predicted molar refractivity (Wildman–Crippen MR) is 190 cm³/mol. The molecule has 49 heavy (non-hydrogen) atoms. The van der Waals surface area contributed by atoms with Crippen molar-refractivity contribution in [3.8, 4) is 22.8 Å². The topological polar surface area (TPSA) is 121 Å². The molecule has 1 N–H and O–H groups in total. The third kappa shape index (κ3) is 8.35. The molecular formula is C36H45N9O4. The van der Waals surface area contributed by atoms with Gasteiger partial charge in [-0.15, -0.1) is 0 Å². The standard InChI is InChI=1S/C36H45N9O4/c1-42(2)16-5-15-37-36(46)45-17-14-31-32(40-35(41-33(31)45)43-18-20-49-21-19-43)28-22-38-34(39-23-28)44(24-26-6-10-29(47-3)11-7-26)25-27-8-12-30(48-4)13-9-27/h6-13,22-23H,5,14-21,24-25H2,1-4H3,(H,37,46). The number of hydrogen-bond donors (Lipinski definition) is 1. The molecule has 2 amide bonds. The highest BCUT2D eigenvalue weighted by molar-refractivity contribution is 5.94. The summed E-state index contributed by atoms with van der Waals surface area (Å²) in [5.41, 5.74) is 4.65. The first-order chi connectivity index (χ1) is 23.9. The highest BCUT2D eigenvalue weighted by Crippen LogP contribution is 2.36. The lowest BCUT2D eigenvalue weighted by Gasteiger charge is -2.28. The average molecular weight is 668 g/mol. The van der Waals surface area contributed by atoms with E-state index in [1.54, 1.807) is 19.1 Å². The molecule has 4 aromatic rings.